The number of hydrogen-bond donors (Lipinski definition) is 1. The molecule has 2 aliphatic heterocycles. The van der Waals surface area contributed by atoms with Crippen LogP contribution in [0.25, 0.3) is 0 Å². The van der Waals surface area contributed by atoms with Crippen molar-refractivity contribution in [2.75, 3.05) is 25.5 Å². The maximum absolute atomic E-state index is 12.9. The minimum Gasteiger partial charge on any atom is -0.495 e. The van der Waals surface area contributed by atoms with Crippen LogP contribution in [-0.4, -0.2) is 58.5 Å². The molecule has 1 N–H and O–H groups in total. The lowest BCUT2D eigenvalue weighted by atomic mass is 10.1. The van der Waals surface area contributed by atoms with Crippen molar-refractivity contribution in [1.82, 2.24) is 4.90 Å². The predicted octanol–water partition coefficient (Wildman–Crippen LogP) is 2.48. The molecule has 0 radical (unpaired) electrons. The average Bonchev–Trinajstić information content (AvgIpc) is 3.15. The second-order valence-electron chi connectivity index (χ2n) is 6.20. The summed E-state index contributed by atoms with van der Waals surface area (Å²) in [5, 5.41) is 4.10. The summed E-state index contributed by atoms with van der Waals surface area (Å²) in [5.74, 6) is -0.0218. The molecule has 0 saturated heterocycles. The van der Waals surface area contributed by atoms with E-state index in [2.05, 4.69) is 5.32 Å². The van der Waals surface area contributed by atoms with Gasteiger partial charge in [0.05, 0.1) is 19.3 Å². The van der Waals surface area contributed by atoms with Crippen LogP contribution in [0.2, 0.25) is 0 Å². The number of anilines is 1. The van der Waals surface area contributed by atoms with E-state index in [0.717, 1.165) is 12.8 Å². The van der Waals surface area contributed by atoms with Gasteiger partial charge in [-0.1, -0.05) is 25.5 Å². The van der Waals surface area contributed by atoms with Crippen molar-refractivity contribution in [2.45, 2.75) is 25.0 Å². The summed E-state index contributed by atoms with van der Waals surface area (Å²) in [4.78, 5) is 39.3. The third kappa shape index (κ3) is 3.90. The molecule has 0 bridgehead atoms. The number of para-hydroxylation sites is 2. The Morgan fingerprint density at radius 2 is 2.11 bits per heavy atom. The summed E-state index contributed by atoms with van der Waals surface area (Å²) < 4.78 is 6.63. The molecule has 1 unspecified atom stereocenters. The largest absolute Gasteiger partial charge is 0.501 e. The molecule has 1 aromatic carbocycles. The van der Waals surface area contributed by atoms with Crippen molar-refractivity contribution in [1.29, 1.82) is 0 Å². The first-order chi connectivity index (χ1) is 13.1. The van der Waals surface area contributed by atoms with Gasteiger partial charge in [0.25, 0.3) is 5.91 Å². The summed E-state index contributed by atoms with van der Waals surface area (Å²) in [6.07, 6.45) is 3.34. The van der Waals surface area contributed by atoms with Gasteiger partial charge in [-0.05, 0) is 30.0 Å². The number of imide groups is 1. The first-order valence-electron chi connectivity index (χ1n) is 8.81. The molecule has 1 atom stereocenters. The van der Waals surface area contributed by atoms with Crippen molar-refractivity contribution in [3.05, 3.63) is 35.7 Å². The van der Waals surface area contributed by atoms with Crippen LogP contribution in [-0.2, 0) is 9.59 Å². The van der Waals surface area contributed by atoms with E-state index in [1.54, 1.807) is 35.7 Å². The van der Waals surface area contributed by atoms with Crippen LogP contribution in [0.3, 0.4) is 0 Å². The number of unbranched alkanes of at least 4 members (excludes halogenated alkanes) is 1. The molecule has 1 aromatic rings. The van der Waals surface area contributed by atoms with Crippen LogP contribution in [0.15, 0.2) is 35.7 Å². The number of carbonyl (C=O) groups is 3. The van der Waals surface area contributed by atoms with Crippen LogP contribution >= 0.6 is 11.8 Å². The molecule has 0 aliphatic carbocycles. The van der Waals surface area contributed by atoms with E-state index in [0.29, 0.717) is 23.7 Å². The van der Waals surface area contributed by atoms with Crippen molar-refractivity contribution in [2.24, 2.45) is 0 Å². The zero-order chi connectivity index (χ0) is 19.4. The van der Waals surface area contributed by atoms with Crippen LogP contribution in [0.1, 0.15) is 19.8 Å². The minimum atomic E-state index is -0.460. The molecule has 4 amide bonds. The Hall–Kier alpha value is -2.61. The Morgan fingerprint density at radius 1 is 1.33 bits per heavy atom. The summed E-state index contributed by atoms with van der Waals surface area (Å²) >= 11 is 1.36. The fraction of sp³-hybridized carbons (Fsp3) is 0.368. The van der Waals surface area contributed by atoms with Gasteiger partial charge >= 0.3 is 11.9 Å². The third-order valence-electron chi connectivity index (χ3n) is 4.40. The summed E-state index contributed by atoms with van der Waals surface area (Å²) in [6.45, 7) is 2.20. The van der Waals surface area contributed by atoms with Gasteiger partial charge in [0.15, 0.2) is 11.8 Å². The van der Waals surface area contributed by atoms with E-state index in [-0.39, 0.29) is 18.4 Å². The quantitative estimate of drug-likeness (QED) is 0.726. The van der Waals surface area contributed by atoms with Crippen LogP contribution in [0.4, 0.5) is 10.5 Å². The van der Waals surface area contributed by atoms with Gasteiger partial charge in [-0.15, -0.1) is 11.8 Å². The first-order valence-corrected chi connectivity index (χ1v) is 9.75. The summed E-state index contributed by atoms with van der Waals surface area (Å²) in [5.41, 5.74) is 1.10. The van der Waals surface area contributed by atoms with E-state index >= 15 is 0 Å². The minimum absolute atomic E-state index is 0.163. The molecule has 2 heterocycles. The predicted molar refractivity (Wildman–Crippen MR) is 104 cm³/mol. The standard InChI is InChI=1S/C19H21N3O4S/c1-3-4-10-21-18(24)17-14(9-11-27-17)22(19(21)25)12-16(23)20-13-7-5-6-8-15(13)26-2/h5-9,11,17H,3-4,10,12H2,1-2H3/p+1. The van der Waals surface area contributed by atoms with E-state index in [4.69, 9.17) is 4.74 Å². The molecular weight excluding hydrogens is 366 g/mol. The molecule has 0 aromatic heterocycles. The zero-order valence-corrected chi connectivity index (χ0v) is 16.1. The highest BCUT2D eigenvalue weighted by Crippen LogP contribution is 2.28. The fourth-order valence-electron chi connectivity index (χ4n) is 3.02. The Kier molecular flexibility index (Phi) is 5.95. The number of methoxy groups -OCH3 is 1. The Balaban J connectivity index is 1.82. The fourth-order valence-corrected chi connectivity index (χ4v) is 3.98. The van der Waals surface area contributed by atoms with E-state index in [1.165, 1.54) is 28.3 Å². The topological polar surface area (TPSA) is 78.7 Å². The molecule has 0 spiro atoms. The SMILES string of the molecule is CCCCN1C(=O)C2SC=CC2=[N+](CC(=O)Nc2ccccc2OC)C1=O. The Labute approximate surface area is 162 Å². The van der Waals surface area contributed by atoms with Crippen molar-refractivity contribution in [3.63, 3.8) is 0 Å². The Bertz CT molecular complexity index is 834. The van der Waals surface area contributed by atoms with Gasteiger partial charge in [-0.3, -0.25) is 4.79 Å². The van der Waals surface area contributed by atoms with Gasteiger partial charge in [0.2, 0.25) is 0 Å². The lowest BCUT2D eigenvalue weighted by molar-refractivity contribution is -0.425. The molecule has 0 saturated carbocycles. The number of hydrogen-bond acceptors (Lipinski definition) is 5. The maximum Gasteiger partial charge on any atom is 0.501 e. The molecule has 7 nitrogen and oxygen atoms in total. The van der Waals surface area contributed by atoms with Crippen molar-refractivity contribution in [3.8, 4) is 5.75 Å². The number of urea groups is 1. The molecule has 8 heteroatoms. The van der Waals surface area contributed by atoms with Gasteiger partial charge in [0, 0.05) is 0 Å². The number of ether oxygens (including phenoxy) is 1. The molecule has 27 heavy (non-hydrogen) atoms. The normalized spacial score (nSPS) is 18.7. The smallest absolute Gasteiger partial charge is 0.495 e. The van der Waals surface area contributed by atoms with Gasteiger partial charge < -0.3 is 10.1 Å². The van der Waals surface area contributed by atoms with Crippen LogP contribution in [0, 0.1) is 0 Å². The highest BCUT2D eigenvalue weighted by molar-refractivity contribution is 8.04. The van der Waals surface area contributed by atoms with E-state index < -0.39 is 11.3 Å². The molecular formula is C19H22N3O4S+. The van der Waals surface area contributed by atoms with E-state index in [9.17, 15) is 14.4 Å². The maximum atomic E-state index is 12.9. The first kappa shape index (κ1) is 19.2. The Morgan fingerprint density at radius 3 is 2.85 bits per heavy atom. The van der Waals surface area contributed by atoms with Crippen molar-refractivity contribution >= 4 is 41.0 Å². The lowest BCUT2D eigenvalue weighted by Crippen LogP contribution is -2.56. The van der Waals surface area contributed by atoms with Gasteiger partial charge in [0.1, 0.15) is 11.5 Å². The molecule has 142 valence electrons. The number of fused-ring (bicyclic) bond motifs is 1. The number of nitrogens with one attached hydrogen (secondary N) is 1. The monoisotopic (exact) mass is 388 g/mol. The van der Waals surface area contributed by atoms with Crippen LogP contribution < -0.4 is 10.1 Å². The van der Waals surface area contributed by atoms with Crippen molar-refractivity contribution < 1.29 is 23.7 Å². The number of benzene rings is 1. The van der Waals surface area contributed by atoms with Crippen LogP contribution in [0.5, 0.6) is 5.75 Å². The number of carbonyl (C=O) groups excluding carboxylic acids is 3. The third-order valence-corrected chi connectivity index (χ3v) is 5.41. The van der Waals surface area contributed by atoms with E-state index in [1.807, 2.05) is 6.92 Å². The lowest BCUT2D eigenvalue weighted by Gasteiger charge is -2.24. The van der Waals surface area contributed by atoms with Gasteiger partial charge in [-0.2, -0.15) is 14.3 Å². The molecule has 3 rings (SSSR count). The number of thioether (sulfide) groups is 1. The summed E-state index contributed by atoms with van der Waals surface area (Å²) in [6, 6.07) is 6.63. The summed E-state index contributed by atoms with van der Waals surface area (Å²) in [7, 11) is 1.53. The second-order valence-corrected chi connectivity index (χ2v) is 7.22. The number of rotatable bonds is 7. The number of nitrogens with zero attached hydrogens (tertiary/aromatic N) is 2. The van der Waals surface area contributed by atoms with Gasteiger partial charge in [-0.25, -0.2) is 4.79 Å². The number of amides is 4. The zero-order valence-electron chi connectivity index (χ0n) is 15.3. The molecule has 2 aliphatic rings. The average molecular weight is 388 g/mol. The number of allylic oxidation sites excluding steroid dienone is 1. The second kappa shape index (κ2) is 8.39. The highest BCUT2D eigenvalue weighted by atomic mass is 32.2. The molecule has 0 fully saturated rings. The highest BCUT2D eigenvalue weighted by Gasteiger charge is 2.49.